The van der Waals surface area contributed by atoms with Gasteiger partial charge in [-0.1, -0.05) is 60.7 Å². The number of hydrogen-bond acceptors (Lipinski definition) is 9. The van der Waals surface area contributed by atoms with Crippen LogP contribution in [-0.2, 0) is 30.2 Å². The summed E-state index contributed by atoms with van der Waals surface area (Å²) in [5, 5.41) is 14.2. The maximum absolute atomic E-state index is 13.6. The Morgan fingerprint density at radius 2 is 1.61 bits per heavy atom. The minimum absolute atomic E-state index is 0.202. The van der Waals surface area contributed by atoms with Crippen molar-refractivity contribution in [3.05, 3.63) is 125 Å². The zero-order valence-electron chi connectivity index (χ0n) is 36.8. The second-order valence-corrected chi connectivity index (χ2v) is 17.6. The minimum Gasteiger partial charge on any atom is -0.385 e. The van der Waals surface area contributed by atoms with E-state index in [1.165, 1.54) is 20.8 Å². The first-order valence-electron chi connectivity index (χ1n) is 22.3. The highest BCUT2D eigenvalue weighted by Crippen LogP contribution is 2.37. The van der Waals surface area contributed by atoms with Crippen molar-refractivity contribution in [2.24, 2.45) is 14.1 Å². The molecule has 0 spiro atoms. The van der Waals surface area contributed by atoms with Crippen LogP contribution in [0.15, 0.2) is 108 Å². The molecule has 66 heavy (non-hydrogen) atoms. The molecule has 0 bridgehead atoms. The first-order chi connectivity index (χ1) is 32.0. The average molecular weight is 886 g/mol. The van der Waals surface area contributed by atoms with Gasteiger partial charge in [-0.25, -0.2) is 18.7 Å². The van der Waals surface area contributed by atoms with Crippen LogP contribution in [0.3, 0.4) is 0 Å². The lowest BCUT2D eigenvalue weighted by Gasteiger charge is -2.36. The number of piperazine rings is 1. The molecule has 334 valence electrons. The highest BCUT2D eigenvalue weighted by molar-refractivity contribution is 6.04. The molecule has 4 aromatic carbocycles. The standard InChI is InChI=1S/C50H48FN11O4/c1-52-40-25-38(56-62-44(26-53-47(40)62)49(65)54-39-24-37(39)51)36-28-57(2)46-34(5-4-6-35(36)46)31-9-7-29(8-10-31)27-59-19-21-60(22-20-59)33-14-11-30(12-15-33)32-13-16-41-43(23-32)58(3)50(66)61(41)42-17-18-45(63)55-48(42)64/h4-16,23,25-26,28,37,39,42,52H,17-22,24,27H2,1-3H3,(H,54,65)(H,55,63,64)/t37-,39+,42?/m0/s1. The van der Waals surface area contributed by atoms with Gasteiger partial charge >= 0.3 is 5.69 Å². The predicted octanol–water partition coefficient (Wildman–Crippen LogP) is 6.06. The second-order valence-electron chi connectivity index (χ2n) is 17.6. The van der Waals surface area contributed by atoms with E-state index >= 15 is 0 Å². The number of piperidine rings is 1. The van der Waals surface area contributed by atoms with Gasteiger partial charge in [-0.15, -0.1) is 0 Å². The molecule has 1 saturated carbocycles. The number of imidazole rings is 2. The lowest BCUT2D eigenvalue weighted by atomic mass is 9.99. The summed E-state index contributed by atoms with van der Waals surface area (Å²) in [6.45, 7) is 4.53. The lowest BCUT2D eigenvalue weighted by Crippen LogP contribution is -2.45. The van der Waals surface area contributed by atoms with Gasteiger partial charge in [0.2, 0.25) is 11.8 Å². The molecule has 1 unspecified atom stereocenters. The van der Waals surface area contributed by atoms with E-state index in [1.807, 2.05) is 38.4 Å². The number of aromatic nitrogens is 6. The first kappa shape index (κ1) is 41.1. The SMILES string of the molecule is CNc1cc(-c2cn(C)c3c(-c4ccc(CN5CCN(c6ccc(-c7ccc8c(c7)n(C)c(=O)n8C7CCC(=O)NC7=O)cc6)CC5)cc4)cccc23)nn2c(C(=O)N[C@@H]3C[C@@H]3F)cnc12. The van der Waals surface area contributed by atoms with Crippen molar-refractivity contribution in [2.45, 2.75) is 44.1 Å². The molecule has 3 amide bonds. The van der Waals surface area contributed by atoms with Crippen LogP contribution in [0.4, 0.5) is 15.8 Å². The third-order valence-corrected chi connectivity index (χ3v) is 13.5. The van der Waals surface area contributed by atoms with E-state index in [-0.39, 0.29) is 23.7 Å². The van der Waals surface area contributed by atoms with Gasteiger partial charge in [-0.05, 0) is 59.0 Å². The van der Waals surface area contributed by atoms with E-state index in [1.54, 1.807) is 11.6 Å². The summed E-state index contributed by atoms with van der Waals surface area (Å²) >= 11 is 0. The Hall–Kier alpha value is -7.59. The van der Waals surface area contributed by atoms with Gasteiger partial charge in [-0.3, -0.25) is 33.7 Å². The molecular formula is C50H48FN11O4. The first-order valence-corrected chi connectivity index (χ1v) is 22.3. The fourth-order valence-electron chi connectivity index (χ4n) is 9.75. The van der Waals surface area contributed by atoms with Crippen LogP contribution in [0.25, 0.3) is 61.1 Å². The molecule has 11 rings (SSSR count). The monoisotopic (exact) mass is 885 g/mol. The molecule has 8 aromatic rings. The van der Waals surface area contributed by atoms with Crippen LogP contribution in [0, 0.1) is 0 Å². The van der Waals surface area contributed by atoms with E-state index in [4.69, 9.17) is 5.10 Å². The molecule has 4 aromatic heterocycles. The molecule has 2 saturated heterocycles. The topological polar surface area (TPSA) is 156 Å². The molecular weight excluding hydrogens is 838 g/mol. The van der Waals surface area contributed by atoms with Crippen molar-refractivity contribution in [3.63, 3.8) is 0 Å². The molecule has 2 aliphatic heterocycles. The summed E-state index contributed by atoms with van der Waals surface area (Å²) in [5.41, 5.74) is 11.9. The Kier molecular flexibility index (Phi) is 10.1. The van der Waals surface area contributed by atoms with Crippen molar-refractivity contribution in [2.75, 3.05) is 43.4 Å². The Morgan fingerprint density at radius 3 is 2.33 bits per heavy atom. The van der Waals surface area contributed by atoms with Gasteiger partial charge in [0.05, 0.1) is 40.2 Å². The Balaban J connectivity index is 0.755. The van der Waals surface area contributed by atoms with E-state index in [0.717, 1.165) is 88.3 Å². The molecule has 3 atom stereocenters. The highest BCUT2D eigenvalue weighted by atomic mass is 19.1. The smallest absolute Gasteiger partial charge is 0.329 e. The van der Waals surface area contributed by atoms with Crippen molar-refractivity contribution in [1.82, 2.24) is 43.8 Å². The largest absolute Gasteiger partial charge is 0.385 e. The number of amides is 3. The van der Waals surface area contributed by atoms with Gasteiger partial charge in [0.15, 0.2) is 11.3 Å². The Bertz CT molecular complexity index is 3300. The molecule has 0 radical (unpaired) electrons. The molecule has 6 heterocycles. The number of nitrogens with one attached hydrogen (secondary N) is 3. The summed E-state index contributed by atoms with van der Waals surface area (Å²) in [7, 11) is 5.55. The van der Waals surface area contributed by atoms with Crippen LogP contribution in [0.1, 0.15) is 41.4 Å². The molecule has 3 aliphatic rings. The molecule has 3 N–H and O–H groups in total. The number of benzene rings is 4. The summed E-state index contributed by atoms with van der Waals surface area (Å²) in [6.07, 6.45) is 3.36. The number of nitrogens with zero attached hydrogens (tertiary/aromatic N) is 8. The number of anilines is 2. The minimum atomic E-state index is -1.01. The van der Waals surface area contributed by atoms with Crippen molar-refractivity contribution >= 4 is 56.7 Å². The molecule has 1 aliphatic carbocycles. The van der Waals surface area contributed by atoms with E-state index in [2.05, 4.69) is 108 Å². The van der Waals surface area contributed by atoms with E-state index < -0.39 is 30.1 Å². The number of fused-ring (bicyclic) bond motifs is 3. The van der Waals surface area contributed by atoms with Gasteiger partial charge in [-0.2, -0.15) is 5.10 Å². The van der Waals surface area contributed by atoms with Gasteiger partial charge < -0.3 is 20.1 Å². The molecule has 3 fully saturated rings. The third-order valence-electron chi connectivity index (χ3n) is 13.5. The summed E-state index contributed by atoms with van der Waals surface area (Å²) in [4.78, 5) is 60.1. The van der Waals surface area contributed by atoms with Gasteiger partial charge in [0.1, 0.15) is 12.2 Å². The quantitative estimate of drug-likeness (QED) is 0.139. The number of alkyl halides is 1. The van der Waals surface area contributed by atoms with Gasteiger partial charge in [0, 0.05) is 95.1 Å². The van der Waals surface area contributed by atoms with Crippen molar-refractivity contribution in [3.8, 4) is 33.5 Å². The van der Waals surface area contributed by atoms with Gasteiger partial charge in [0.25, 0.3) is 5.91 Å². The van der Waals surface area contributed by atoms with E-state index in [0.29, 0.717) is 29.7 Å². The average Bonchev–Trinajstić information content (AvgIpc) is 3.58. The predicted molar refractivity (Wildman–Crippen MR) is 252 cm³/mol. The van der Waals surface area contributed by atoms with Crippen LogP contribution < -0.4 is 26.5 Å². The number of carbonyl (C=O) groups excluding carboxylic acids is 3. The fraction of sp³-hybridized carbons (Fsp3) is 0.280. The highest BCUT2D eigenvalue weighted by Gasteiger charge is 2.39. The number of halogens is 1. The van der Waals surface area contributed by atoms with Crippen LogP contribution in [0.5, 0.6) is 0 Å². The van der Waals surface area contributed by atoms with Crippen LogP contribution in [-0.4, -0.2) is 96.4 Å². The van der Waals surface area contributed by atoms with Crippen molar-refractivity contribution in [1.29, 1.82) is 0 Å². The normalized spacial score (nSPS) is 18.9. The van der Waals surface area contributed by atoms with Crippen molar-refractivity contribution < 1.29 is 18.8 Å². The Labute approximate surface area is 378 Å². The second kappa shape index (κ2) is 16.1. The zero-order chi connectivity index (χ0) is 45.4. The third kappa shape index (κ3) is 7.17. The number of para-hydroxylation sites is 1. The lowest BCUT2D eigenvalue weighted by molar-refractivity contribution is -0.135. The fourth-order valence-corrected chi connectivity index (χ4v) is 9.75. The van der Waals surface area contributed by atoms with Crippen LogP contribution in [0.2, 0.25) is 0 Å². The molecule has 16 heteroatoms. The molecule has 15 nitrogen and oxygen atoms in total. The summed E-state index contributed by atoms with van der Waals surface area (Å²) in [6, 6.07) is 30.3. The maximum atomic E-state index is 13.6. The number of aryl methyl sites for hydroxylation is 2. The number of carbonyl (C=O) groups is 3. The van der Waals surface area contributed by atoms with E-state index in [9.17, 15) is 23.6 Å². The zero-order valence-corrected chi connectivity index (χ0v) is 36.8. The number of hydrogen-bond donors (Lipinski definition) is 3. The summed E-state index contributed by atoms with van der Waals surface area (Å²) in [5.74, 6) is -1.15. The van der Waals surface area contributed by atoms with Crippen LogP contribution >= 0.6 is 0 Å². The summed E-state index contributed by atoms with van der Waals surface area (Å²) < 4.78 is 20.4. The Morgan fingerprint density at radius 1 is 0.864 bits per heavy atom. The number of rotatable bonds is 10. The maximum Gasteiger partial charge on any atom is 0.329 e. The number of imide groups is 1.